The first kappa shape index (κ1) is 14.3. The number of carbonyl (C=O) groups excluding carboxylic acids is 2. The molecule has 0 aliphatic rings. The van der Waals surface area contributed by atoms with Gasteiger partial charge < -0.3 is 0 Å². The number of aryl methyl sites for hydroxylation is 1. The minimum absolute atomic E-state index is 0.199. The van der Waals surface area contributed by atoms with Gasteiger partial charge in [0.25, 0.3) is 0 Å². The Bertz CT molecular complexity index is 629. The number of rotatable bonds is 4. The maximum Gasteiger partial charge on any atom is 0.173 e. The molecule has 0 atom stereocenters. The van der Waals surface area contributed by atoms with E-state index in [1.807, 2.05) is 19.1 Å². The van der Waals surface area contributed by atoms with E-state index < -0.39 is 0 Å². The molecule has 5 heteroatoms. The van der Waals surface area contributed by atoms with Crippen molar-refractivity contribution in [3.63, 3.8) is 0 Å². The van der Waals surface area contributed by atoms with Gasteiger partial charge in [0.2, 0.25) is 0 Å². The molecule has 0 aliphatic heterocycles. The first-order chi connectivity index (χ1) is 8.97. The van der Waals surface area contributed by atoms with Gasteiger partial charge in [-0.05, 0) is 13.0 Å². The fourth-order valence-corrected chi connectivity index (χ4v) is 3.11. The summed E-state index contributed by atoms with van der Waals surface area (Å²) >= 11 is 12.8. The average molecular weight is 313 g/mol. The molecule has 1 heterocycles. The number of thiophene rings is 1. The highest BCUT2D eigenvalue weighted by Crippen LogP contribution is 2.32. The van der Waals surface area contributed by atoms with E-state index in [4.69, 9.17) is 23.2 Å². The normalized spacial score (nSPS) is 10.5. The lowest BCUT2D eigenvalue weighted by Gasteiger charge is -2.01. The van der Waals surface area contributed by atoms with E-state index in [1.165, 1.54) is 6.07 Å². The van der Waals surface area contributed by atoms with Crippen LogP contribution in [0, 0.1) is 6.92 Å². The third kappa shape index (κ3) is 3.44. The van der Waals surface area contributed by atoms with Crippen molar-refractivity contribution >= 4 is 46.1 Å². The number of ketones is 2. The molecule has 0 amide bonds. The van der Waals surface area contributed by atoms with E-state index in [0.717, 1.165) is 16.9 Å². The molecular formula is C14H10Cl2O2S. The predicted octanol–water partition coefficient (Wildman–Crippen LogP) is 4.82. The Labute approximate surface area is 125 Å². The zero-order valence-corrected chi connectivity index (χ0v) is 12.4. The van der Waals surface area contributed by atoms with Crippen LogP contribution in [0.3, 0.4) is 0 Å². The summed E-state index contributed by atoms with van der Waals surface area (Å²) in [4.78, 5) is 23.9. The molecule has 98 valence electrons. The van der Waals surface area contributed by atoms with Gasteiger partial charge in [-0.1, -0.05) is 53.0 Å². The van der Waals surface area contributed by atoms with E-state index in [0.29, 0.717) is 19.8 Å². The van der Waals surface area contributed by atoms with Crippen molar-refractivity contribution in [2.24, 2.45) is 0 Å². The number of Topliss-reactive ketones (excluding diaryl/α,β-unsaturated/α-hetero) is 2. The third-order valence-electron chi connectivity index (χ3n) is 2.65. The molecule has 1 aromatic carbocycles. The molecule has 2 rings (SSSR count). The smallest absolute Gasteiger partial charge is 0.173 e. The van der Waals surface area contributed by atoms with Gasteiger partial charge in [-0.15, -0.1) is 11.3 Å². The third-order valence-corrected chi connectivity index (χ3v) is 4.14. The van der Waals surface area contributed by atoms with Crippen molar-refractivity contribution in [3.8, 4) is 0 Å². The zero-order chi connectivity index (χ0) is 14.0. The van der Waals surface area contributed by atoms with Crippen LogP contribution in [-0.2, 0) is 0 Å². The summed E-state index contributed by atoms with van der Waals surface area (Å²) in [7, 11) is 0. The van der Waals surface area contributed by atoms with Crippen LogP contribution in [0.1, 0.15) is 32.7 Å². The largest absolute Gasteiger partial charge is 0.294 e. The summed E-state index contributed by atoms with van der Waals surface area (Å²) in [5, 5.41) is 0. The van der Waals surface area contributed by atoms with Crippen molar-refractivity contribution in [1.82, 2.24) is 0 Å². The Balaban J connectivity index is 2.13. The van der Waals surface area contributed by atoms with Gasteiger partial charge in [-0.25, -0.2) is 0 Å². The van der Waals surface area contributed by atoms with E-state index in [-0.39, 0.29) is 18.0 Å². The first-order valence-corrected chi connectivity index (χ1v) is 7.12. The second-order valence-corrected chi connectivity index (χ2v) is 6.41. The number of carbonyl (C=O) groups is 2. The number of halogens is 2. The van der Waals surface area contributed by atoms with Crippen molar-refractivity contribution < 1.29 is 9.59 Å². The molecule has 0 radical (unpaired) electrons. The van der Waals surface area contributed by atoms with Crippen molar-refractivity contribution in [2.45, 2.75) is 13.3 Å². The molecule has 2 nitrogen and oxygen atoms in total. The Hall–Kier alpha value is -1.16. The van der Waals surface area contributed by atoms with Crippen molar-refractivity contribution in [2.75, 3.05) is 0 Å². The fraction of sp³-hybridized carbons (Fsp3) is 0.143. The van der Waals surface area contributed by atoms with Crippen LogP contribution in [0.4, 0.5) is 0 Å². The minimum atomic E-state index is -0.307. The zero-order valence-electron chi connectivity index (χ0n) is 10.1. The van der Waals surface area contributed by atoms with E-state index >= 15 is 0 Å². The highest BCUT2D eigenvalue weighted by Gasteiger charge is 2.18. The van der Waals surface area contributed by atoms with Crippen molar-refractivity contribution in [1.29, 1.82) is 0 Å². The Morgan fingerprint density at radius 3 is 2.26 bits per heavy atom. The molecule has 0 spiro atoms. The molecule has 0 aliphatic carbocycles. The summed E-state index contributed by atoms with van der Waals surface area (Å²) in [6.07, 6.45) is -0.199. The molecule has 0 unspecified atom stereocenters. The van der Waals surface area contributed by atoms with Gasteiger partial charge in [0.15, 0.2) is 11.6 Å². The molecule has 2 aromatic rings. The van der Waals surface area contributed by atoms with Gasteiger partial charge in [-0.3, -0.25) is 9.59 Å². The Kier molecular flexibility index (Phi) is 4.40. The molecule has 1 aromatic heterocycles. The summed E-state index contributed by atoms with van der Waals surface area (Å²) in [5.74, 6) is -0.526. The molecular weight excluding hydrogens is 303 g/mol. The number of benzene rings is 1. The lowest BCUT2D eigenvalue weighted by molar-refractivity contribution is 0.0894. The minimum Gasteiger partial charge on any atom is -0.294 e. The SMILES string of the molecule is Cc1ccc(C(=O)CC(=O)c2cc(Cl)sc2Cl)cc1. The molecule has 0 N–H and O–H groups in total. The quantitative estimate of drug-likeness (QED) is 0.599. The summed E-state index contributed by atoms with van der Waals surface area (Å²) in [6, 6.07) is 8.61. The standard InChI is InChI=1S/C14H10Cl2O2S/c1-8-2-4-9(5-3-8)11(17)7-12(18)10-6-13(15)19-14(10)16/h2-6H,7H2,1H3. The van der Waals surface area contributed by atoms with Crippen LogP contribution in [0.2, 0.25) is 8.67 Å². The predicted molar refractivity (Wildman–Crippen MR) is 78.8 cm³/mol. The fourth-order valence-electron chi connectivity index (χ4n) is 1.61. The Morgan fingerprint density at radius 1 is 1.11 bits per heavy atom. The maximum absolute atomic E-state index is 12.0. The monoisotopic (exact) mass is 312 g/mol. The van der Waals surface area contributed by atoms with Gasteiger partial charge in [0.1, 0.15) is 4.34 Å². The molecule has 0 bridgehead atoms. The van der Waals surface area contributed by atoms with Gasteiger partial charge in [-0.2, -0.15) is 0 Å². The summed E-state index contributed by atoms with van der Waals surface area (Å²) < 4.78 is 0.767. The second kappa shape index (κ2) is 5.87. The number of hydrogen-bond donors (Lipinski definition) is 0. The van der Waals surface area contributed by atoms with E-state index in [9.17, 15) is 9.59 Å². The molecule has 0 saturated carbocycles. The summed E-state index contributed by atoms with van der Waals surface area (Å²) in [6.45, 7) is 1.94. The highest BCUT2D eigenvalue weighted by molar-refractivity contribution is 7.20. The molecule has 0 saturated heterocycles. The second-order valence-electron chi connectivity index (χ2n) is 4.13. The topological polar surface area (TPSA) is 34.1 Å². The van der Waals surface area contributed by atoms with Crippen LogP contribution in [-0.4, -0.2) is 11.6 Å². The molecule has 19 heavy (non-hydrogen) atoms. The van der Waals surface area contributed by atoms with Gasteiger partial charge in [0, 0.05) is 11.1 Å². The van der Waals surface area contributed by atoms with Crippen LogP contribution in [0.15, 0.2) is 30.3 Å². The average Bonchev–Trinajstić information content (AvgIpc) is 2.69. The van der Waals surface area contributed by atoms with Crippen molar-refractivity contribution in [3.05, 3.63) is 55.7 Å². The van der Waals surface area contributed by atoms with Crippen LogP contribution in [0.5, 0.6) is 0 Å². The van der Waals surface area contributed by atoms with Crippen LogP contribution < -0.4 is 0 Å². The number of hydrogen-bond acceptors (Lipinski definition) is 3. The van der Waals surface area contributed by atoms with Crippen LogP contribution >= 0.6 is 34.5 Å². The van der Waals surface area contributed by atoms with E-state index in [1.54, 1.807) is 12.1 Å². The Morgan fingerprint density at radius 2 is 1.74 bits per heavy atom. The lowest BCUT2D eigenvalue weighted by atomic mass is 10.0. The van der Waals surface area contributed by atoms with Crippen LogP contribution in [0.25, 0.3) is 0 Å². The van der Waals surface area contributed by atoms with Gasteiger partial charge in [0.05, 0.1) is 10.8 Å². The summed E-state index contributed by atoms with van der Waals surface area (Å²) in [5.41, 5.74) is 1.91. The van der Waals surface area contributed by atoms with Gasteiger partial charge >= 0.3 is 0 Å². The molecule has 0 fully saturated rings. The van der Waals surface area contributed by atoms with E-state index in [2.05, 4.69) is 0 Å². The first-order valence-electron chi connectivity index (χ1n) is 5.55. The highest BCUT2D eigenvalue weighted by atomic mass is 35.5. The maximum atomic E-state index is 12.0. The lowest BCUT2D eigenvalue weighted by Crippen LogP contribution is -2.08.